The van der Waals surface area contributed by atoms with Gasteiger partial charge in [-0.05, 0) is 13.3 Å². The number of anilines is 1. The molecule has 0 spiro atoms. The lowest BCUT2D eigenvalue weighted by Crippen LogP contribution is -2.17. The maximum absolute atomic E-state index is 10.7. The summed E-state index contributed by atoms with van der Waals surface area (Å²) in [5.74, 6) is -0.949. The van der Waals surface area contributed by atoms with Crippen LogP contribution in [0.5, 0.6) is 0 Å². The lowest BCUT2D eigenvalue weighted by atomic mass is 10.4. The molecule has 0 fully saturated rings. The predicted molar refractivity (Wildman–Crippen MR) is 57.4 cm³/mol. The smallest absolute Gasteiger partial charge is 0.355 e. The molecule has 4 nitrogen and oxygen atoms in total. The topological polar surface area (TPSA) is 53.4 Å². The van der Waals surface area contributed by atoms with Gasteiger partial charge in [0.05, 0.1) is 0 Å². The highest BCUT2D eigenvalue weighted by Crippen LogP contribution is 2.24. The Morgan fingerprint density at radius 3 is 2.71 bits per heavy atom. The van der Waals surface area contributed by atoms with Gasteiger partial charge in [0, 0.05) is 18.5 Å². The van der Waals surface area contributed by atoms with Crippen molar-refractivity contribution in [3.63, 3.8) is 0 Å². The van der Waals surface area contributed by atoms with Gasteiger partial charge in [0.1, 0.15) is 0 Å². The predicted octanol–water partition coefficient (Wildman–Crippen LogP) is 2.00. The fourth-order valence-electron chi connectivity index (χ4n) is 1.18. The number of aromatic nitrogens is 1. The van der Waals surface area contributed by atoms with E-state index >= 15 is 0 Å². The van der Waals surface area contributed by atoms with Gasteiger partial charge in [-0.15, -0.1) is 11.3 Å². The van der Waals surface area contributed by atoms with Crippen LogP contribution in [0.3, 0.4) is 0 Å². The third-order valence-electron chi connectivity index (χ3n) is 1.87. The van der Waals surface area contributed by atoms with Crippen LogP contribution in [0, 0.1) is 6.92 Å². The number of carboxylic acids is 1. The average Bonchev–Trinajstić information content (AvgIpc) is 2.48. The summed E-state index contributed by atoms with van der Waals surface area (Å²) in [5, 5.41) is 9.60. The van der Waals surface area contributed by atoms with E-state index < -0.39 is 5.97 Å². The maximum atomic E-state index is 10.7. The van der Waals surface area contributed by atoms with Crippen LogP contribution in [-0.4, -0.2) is 29.7 Å². The van der Waals surface area contributed by atoms with Crippen molar-refractivity contribution in [2.24, 2.45) is 0 Å². The first-order valence-corrected chi connectivity index (χ1v) is 5.29. The van der Waals surface area contributed by atoms with Gasteiger partial charge in [-0.1, -0.05) is 6.92 Å². The van der Waals surface area contributed by atoms with Gasteiger partial charge in [-0.25, -0.2) is 9.78 Å². The first-order chi connectivity index (χ1) is 6.56. The van der Waals surface area contributed by atoms with Crippen LogP contribution < -0.4 is 4.90 Å². The van der Waals surface area contributed by atoms with Crippen molar-refractivity contribution in [3.8, 4) is 0 Å². The minimum atomic E-state index is -0.949. The van der Waals surface area contributed by atoms with E-state index in [1.165, 1.54) is 11.3 Å². The number of rotatable bonds is 4. The molecule has 1 aromatic heterocycles. The van der Waals surface area contributed by atoms with Crippen molar-refractivity contribution >= 4 is 22.4 Å². The molecule has 0 saturated heterocycles. The maximum Gasteiger partial charge on any atom is 0.355 e. The Hall–Kier alpha value is -1.10. The summed E-state index contributed by atoms with van der Waals surface area (Å²) in [6.45, 7) is 4.76. The molecular weight excluding hydrogens is 200 g/mol. The average molecular weight is 214 g/mol. The minimum absolute atomic E-state index is 0.174. The molecule has 1 rings (SSSR count). The number of hydrogen-bond donors (Lipinski definition) is 1. The largest absolute Gasteiger partial charge is 0.476 e. The molecule has 0 aromatic carbocycles. The molecule has 0 bridgehead atoms. The van der Waals surface area contributed by atoms with Crippen LogP contribution in [0.1, 0.15) is 28.7 Å². The molecule has 1 aromatic rings. The number of nitrogens with zero attached hydrogens (tertiary/aromatic N) is 2. The number of hydrogen-bond acceptors (Lipinski definition) is 4. The van der Waals surface area contributed by atoms with E-state index in [9.17, 15) is 4.79 Å². The van der Waals surface area contributed by atoms with E-state index in [0.29, 0.717) is 0 Å². The number of aromatic carboxylic acids is 1. The fourth-order valence-corrected chi connectivity index (χ4v) is 2.06. The van der Waals surface area contributed by atoms with E-state index in [0.717, 1.165) is 23.0 Å². The highest BCUT2D eigenvalue weighted by molar-refractivity contribution is 7.15. The van der Waals surface area contributed by atoms with Gasteiger partial charge in [-0.3, -0.25) is 0 Å². The van der Waals surface area contributed by atoms with Gasteiger partial charge in [0.2, 0.25) is 0 Å². The lowest BCUT2D eigenvalue weighted by Gasteiger charge is -2.13. The molecule has 0 aliphatic rings. The van der Waals surface area contributed by atoms with Crippen LogP contribution in [0.25, 0.3) is 0 Å². The van der Waals surface area contributed by atoms with Crippen molar-refractivity contribution in [1.29, 1.82) is 0 Å². The summed E-state index contributed by atoms with van der Waals surface area (Å²) >= 11 is 1.42. The molecule has 0 atom stereocenters. The van der Waals surface area contributed by atoms with E-state index in [4.69, 9.17) is 5.11 Å². The van der Waals surface area contributed by atoms with E-state index in [1.54, 1.807) is 6.92 Å². The summed E-state index contributed by atoms with van der Waals surface area (Å²) in [5.41, 5.74) is 0.174. The monoisotopic (exact) mass is 214 g/mol. The summed E-state index contributed by atoms with van der Waals surface area (Å²) in [7, 11) is 1.92. The second-order valence-corrected chi connectivity index (χ2v) is 4.31. The summed E-state index contributed by atoms with van der Waals surface area (Å²) < 4.78 is 0. The minimum Gasteiger partial charge on any atom is -0.476 e. The molecule has 0 aliphatic carbocycles. The molecule has 5 heteroatoms. The van der Waals surface area contributed by atoms with Gasteiger partial charge in [0.25, 0.3) is 0 Å². The number of thiazole rings is 1. The molecule has 0 unspecified atom stereocenters. The Morgan fingerprint density at radius 2 is 2.29 bits per heavy atom. The molecular formula is C9H14N2O2S. The Kier molecular flexibility index (Phi) is 3.46. The summed E-state index contributed by atoms with van der Waals surface area (Å²) in [6, 6.07) is 0. The highest BCUT2D eigenvalue weighted by Gasteiger charge is 2.15. The third-order valence-corrected chi connectivity index (χ3v) is 2.96. The normalized spacial score (nSPS) is 10.2. The van der Waals surface area contributed by atoms with Crippen LogP contribution in [-0.2, 0) is 0 Å². The third kappa shape index (κ3) is 2.23. The van der Waals surface area contributed by atoms with Gasteiger partial charge in [0.15, 0.2) is 10.8 Å². The van der Waals surface area contributed by atoms with Crippen molar-refractivity contribution in [3.05, 3.63) is 10.6 Å². The van der Waals surface area contributed by atoms with Crippen LogP contribution >= 0.6 is 11.3 Å². The first-order valence-electron chi connectivity index (χ1n) is 4.48. The number of carbonyl (C=O) groups is 1. The van der Waals surface area contributed by atoms with Crippen molar-refractivity contribution in [2.75, 3.05) is 18.5 Å². The zero-order valence-corrected chi connectivity index (χ0v) is 9.39. The Morgan fingerprint density at radius 1 is 1.64 bits per heavy atom. The Balaban J connectivity index is 2.90. The summed E-state index contributed by atoms with van der Waals surface area (Å²) in [4.78, 5) is 17.5. The molecule has 1 heterocycles. The molecule has 0 saturated carbocycles. The van der Waals surface area contributed by atoms with Crippen LogP contribution in [0.15, 0.2) is 0 Å². The molecule has 78 valence electrons. The second-order valence-electron chi connectivity index (χ2n) is 3.13. The van der Waals surface area contributed by atoms with Gasteiger partial charge in [-0.2, -0.15) is 0 Å². The molecule has 0 aliphatic heterocycles. The van der Waals surface area contributed by atoms with E-state index in [2.05, 4.69) is 11.9 Å². The standard InChI is InChI=1S/C9H14N2O2S/c1-4-5-11(3)9-10-7(8(12)13)6(2)14-9/h4-5H2,1-3H3,(H,12,13). The lowest BCUT2D eigenvalue weighted by molar-refractivity contribution is 0.0690. The Labute approximate surface area is 87.2 Å². The second kappa shape index (κ2) is 4.41. The van der Waals surface area contributed by atoms with Crippen LogP contribution in [0.4, 0.5) is 5.13 Å². The van der Waals surface area contributed by atoms with Gasteiger partial charge >= 0.3 is 5.97 Å². The van der Waals surface area contributed by atoms with Crippen molar-refractivity contribution in [2.45, 2.75) is 20.3 Å². The number of carboxylic acid groups (broad SMARTS) is 1. The highest BCUT2D eigenvalue weighted by atomic mass is 32.1. The van der Waals surface area contributed by atoms with Crippen molar-refractivity contribution < 1.29 is 9.90 Å². The van der Waals surface area contributed by atoms with E-state index in [-0.39, 0.29) is 5.69 Å². The van der Waals surface area contributed by atoms with E-state index in [1.807, 2.05) is 11.9 Å². The zero-order valence-electron chi connectivity index (χ0n) is 8.57. The molecule has 1 N–H and O–H groups in total. The van der Waals surface area contributed by atoms with Gasteiger partial charge < -0.3 is 10.0 Å². The molecule has 14 heavy (non-hydrogen) atoms. The van der Waals surface area contributed by atoms with Crippen LogP contribution in [0.2, 0.25) is 0 Å². The fraction of sp³-hybridized carbons (Fsp3) is 0.556. The van der Waals surface area contributed by atoms with Crippen molar-refractivity contribution in [1.82, 2.24) is 4.98 Å². The Bertz CT molecular complexity index is 336. The number of aryl methyl sites for hydroxylation is 1. The SMILES string of the molecule is CCCN(C)c1nc(C(=O)O)c(C)s1. The first kappa shape index (κ1) is 11.0. The molecule has 0 amide bonds. The summed E-state index contributed by atoms with van der Waals surface area (Å²) in [6.07, 6.45) is 1.03. The zero-order chi connectivity index (χ0) is 10.7. The molecule has 0 radical (unpaired) electrons. The quantitative estimate of drug-likeness (QED) is 0.832.